The van der Waals surface area contributed by atoms with E-state index < -0.39 is 20.0 Å². The number of halogens is 1. The number of hydrogen-bond donors (Lipinski definition) is 0. The van der Waals surface area contributed by atoms with Crippen LogP contribution in [0.5, 0.6) is 0 Å². The molecule has 1 aliphatic heterocycles. The maximum Gasteiger partial charge on any atom is 0.262 e. The number of sulfonamides is 2. The summed E-state index contributed by atoms with van der Waals surface area (Å²) in [6.45, 7) is 4.04. The fourth-order valence-electron chi connectivity index (χ4n) is 3.12. The molecule has 0 amide bonds. The predicted molar refractivity (Wildman–Crippen MR) is 106 cm³/mol. The lowest BCUT2D eigenvalue weighted by Gasteiger charge is -2.22. The van der Waals surface area contributed by atoms with Crippen LogP contribution in [0.1, 0.15) is 17.8 Å². The highest BCUT2D eigenvalue weighted by Crippen LogP contribution is 2.25. The van der Waals surface area contributed by atoms with Crippen molar-refractivity contribution in [2.75, 3.05) is 26.2 Å². The van der Waals surface area contributed by atoms with Gasteiger partial charge >= 0.3 is 0 Å². The molecule has 0 saturated carbocycles. The minimum absolute atomic E-state index is 0.0190. The predicted octanol–water partition coefficient (Wildman–Crippen LogP) is 1.78. The van der Waals surface area contributed by atoms with Crippen molar-refractivity contribution in [1.29, 1.82) is 0 Å². The average molecular weight is 447 g/mol. The first-order valence-electron chi connectivity index (χ1n) is 8.80. The molecule has 28 heavy (non-hydrogen) atoms. The van der Waals surface area contributed by atoms with Crippen molar-refractivity contribution in [2.45, 2.75) is 30.2 Å². The maximum atomic E-state index is 13.1. The zero-order chi connectivity index (χ0) is 20.7. The summed E-state index contributed by atoms with van der Waals surface area (Å²) < 4.78 is 56.2. The van der Waals surface area contributed by atoms with E-state index in [4.69, 9.17) is 11.6 Å². The van der Waals surface area contributed by atoms with Crippen LogP contribution in [-0.2, 0) is 27.1 Å². The highest BCUT2D eigenvalue weighted by atomic mass is 35.5. The summed E-state index contributed by atoms with van der Waals surface area (Å²) in [5, 5.41) is 0.322. The number of imidazole rings is 1. The van der Waals surface area contributed by atoms with Gasteiger partial charge in [0.15, 0.2) is 5.03 Å². The monoisotopic (exact) mass is 446 g/mol. The molecule has 1 fully saturated rings. The zero-order valence-electron chi connectivity index (χ0n) is 16.0. The molecular formula is C17H23ClN4O4S2. The largest absolute Gasteiger partial charge is 0.337 e. The van der Waals surface area contributed by atoms with Gasteiger partial charge in [0.25, 0.3) is 10.0 Å². The smallest absolute Gasteiger partial charge is 0.262 e. The Bertz CT molecular complexity index is 1080. The fourth-order valence-corrected chi connectivity index (χ4v) is 6.58. The van der Waals surface area contributed by atoms with Crippen LogP contribution in [0, 0.1) is 13.8 Å². The van der Waals surface area contributed by atoms with Crippen LogP contribution in [0.4, 0.5) is 0 Å². The highest BCUT2D eigenvalue weighted by molar-refractivity contribution is 7.89. The standard InChI is InChI=1S/C17H23ClN4O4S2/c1-13-5-6-15(18)11-16(13)27(23,24)21-7-4-8-22(10-9-21)28(25,26)17-12-20(3)14(2)19-17/h5-6,11-12H,4,7-10H2,1-3H3. The van der Waals surface area contributed by atoms with Gasteiger partial charge in [-0.3, -0.25) is 0 Å². The van der Waals surface area contributed by atoms with Crippen molar-refractivity contribution in [2.24, 2.45) is 7.05 Å². The summed E-state index contributed by atoms with van der Waals surface area (Å²) in [5.74, 6) is 0.592. The quantitative estimate of drug-likeness (QED) is 0.713. The van der Waals surface area contributed by atoms with E-state index in [1.807, 2.05) is 0 Å². The first kappa shape index (κ1) is 21.3. The summed E-state index contributed by atoms with van der Waals surface area (Å²) in [4.78, 5) is 4.26. The van der Waals surface area contributed by atoms with Crippen LogP contribution < -0.4 is 0 Å². The first-order valence-corrected chi connectivity index (χ1v) is 12.1. The molecule has 0 unspecified atom stereocenters. The van der Waals surface area contributed by atoms with Crippen LogP contribution in [0.2, 0.25) is 5.02 Å². The Morgan fingerprint density at radius 2 is 1.57 bits per heavy atom. The van der Waals surface area contributed by atoms with E-state index in [0.717, 1.165) is 0 Å². The second-order valence-corrected chi connectivity index (χ2v) is 11.0. The van der Waals surface area contributed by atoms with E-state index in [9.17, 15) is 16.8 Å². The molecule has 0 bridgehead atoms. The van der Waals surface area contributed by atoms with Crippen molar-refractivity contribution in [3.8, 4) is 0 Å². The molecule has 154 valence electrons. The van der Waals surface area contributed by atoms with Crippen LogP contribution >= 0.6 is 11.6 Å². The Kier molecular flexibility index (Phi) is 5.88. The van der Waals surface area contributed by atoms with Gasteiger partial charge in [0.2, 0.25) is 10.0 Å². The molecule has 0 aliphatic carbocycles. The van der Waals surface area contributed by atoms with Gasteiger partial charge in [0, 0.05) is 44.4 Å². The Labute approximate surface area is 170 Å². The Hall–Kier alpha value is -1.46. The topological polar surface area (TPSA) is 92.6 Å². The molecule has 0 radical (unpaired) electrons. The van der Waals surface area contributed by atoms with E-state index in [-0.39, 0.29) is 36.1 Å². The molecule has 0 spiro atoms. The van der Waals surface area contributed by atoms with Crippen molar-refractivity contribution < 1.29 is 16.8 Å². The first-order chi connectivity index (χ1) is 13.0. The summed E-state index contributed by atoms with van der Waals surface area (Å²) in [6.07, 6.45) is 1.86. The SMILES string of the molecule is Cc1ccc(Cl)cc1S(=O)(=O)N1CCCN(S(=O)(=O)c2cn(C)c(C)n2)CC1. The van der Waals surface area contributed by atoms with E-state index in [1.165, 1.54) is 20.9 Å². The highest BCUT2D eigenvalue weighted by Gasteiger charge is 2.33. The second kappa shape index (κ2) is 7.75. The van der Waals surface area contributed by atoms with Crippen molar-refractivity contribution in [1.82, 2.24) is 18.2 Å². The van der Waals surface area contributed by atoms with Gasteiger partial charge in [-0.25, -0.2) is 21.8 Å². The van der Waals surface area contributed by atoms with Crippen LogP contribution in [0.15, 0.2) is 34.3 Å². The summed E-state index contributed by atoms with van der Waals surface area (Å²) in [5.41, 5.74) is 0.599. The molecule has 8 nitrogen and oxygen atoms in total. The Morgan fingerprint density at radius 3 is 2.14 bits per heavy atom. The Balaban J connectivity index is 1.84. The van der Waals surface area contributed by atoms with Crippen molar-refractivity contribution in [3.05, 3.63) is 40.8 Å². The van der Waals surface area contributed by atoms with Crippen LogP contribution in [0.25, 0.3) is 0 Å². The van der Waals surface area contributed by atoms with Gasteiger partial charge in [0.1, 0.15) is 5.82 Å². The van der Waals surface area contributed by atoms with Gasteiger partial charge in [-0.15, -0.1) is 0 Å². The van der Waals surface area contributed by atoms with Gasteiger partial charge < -0.3 is 4.57 Å². The molecule has 1 aliphatic rings. The van der Waals surface area contributed by atoms with E-state index in [1.54, 1.807) is 37.6 Å². The van der Waals surface area contributed by atoms with Gasteiger partial charge in [-0.1, -0.05) is 17.7 Å². The fraction of sp³-hybridized carbons (Fsp3) is 0.471. The Morgan fingerprint density at radius 1 is 0.964 bits per heavy atom. The molecule has 1 aromatic carbocycles. The third kappa shape index (κ3) is 3.97. The van der Waals surface area contributed by atoms with Crippen LogP contribution in [0.3, 0.4) is 0 Å². The second-order valence-electron chi connectivity index (χ2n) is 6.81. The lowest BCUT2D eigenvalue weighted by atomic mass is 10.2. The summed E-state index contributed by atoms with van der Waals surface area (Å²) in [7, 11) is -5.82. The van der Waals surface area contributed by atoms with E-state index in [0.29, 0.717) is 22.8 Å². The summed E-state index contributed by atoms with van der Waals surface area (Å²) >= 11 is 5.98. The zero-order valence-corrected chi connectivity index (χ0v) is 18.4. The minimum atomic E-state index is -3.78. The number of hydrogen-bond acceptors (Lipinski definition) is 5. The number of benzene rings is 1. The number of rotatable bonds is 4. The van der Waals surface area contributed by atoms with Crippen molar-refractivity contribution in [3.63, 3.8) is 0 Å². The van der Waals surface area contributed by atoms with Gasteiger partial charge in [0.05, 0.1) is 4.90 Å². The number of aromatic nitrogens is 2. The lowest BCUT2D eigenvalue weighted by molar-refractivity contribution is 0.403. The molecule has 3 rings (SSSR count). The third-order valence-electron chi connectivity index (χ3n) is 4.87. The van der Waals surface area contributed by atoms with Crippen molar-refractivity contribution >= 4 is 31.6 Å². The molecule has 11 heteroatoms. The normalized spacial score (nSPS) is 17.6. The van der Waals surface area contributed by atoms with E-state index in [2.05, 4.69) is 4.98 Å². The molecule has 2 heterocycles. The molecule has 2 aromatic rings. The average Bonchev–Trinajstić information content (AvgIpc) is 2.84. The molecule has 1 aromatic heterocycles. The number of nitrogens with zero attached hydrogens (tertiary/aromatic N) is 4. The lowest BCUT2D eigenvalue weighted by Crippen LogP contribution is -2.37. The summed E-state index contributed by atoms with van der Waals surface area (Å²) in [6, 6.07) is 4.73. The van der Waals surface area contributed by atoms with Crippen LogP contribution in [-0.4, -0.2) is 61.2 Å². The maximum absolute atomic E-state index is 13.1. The van der Waals surface area contributed by atoms with Gasteiger partial charge in [-0.05, 0) is 38.0 Å². The molecule has 0 atom stereocenters. The molecular weight excluding hydrogens is 424 g/mol. The minimum Gasteiger partial charge on any atom is -0.337 e. The van der Waals surface area contributed by atoms with Gasteiger partial charge in [-0.2, -0.15) is 8.61 Å². The third-order valence-corrected chi connectivity index (χ3v) is 8.92. The molecule has 1 saturated heterocycles. The number of aryl methyl sites for hydroxylation is 3. The van der Waals surface area contributed by atoms with E-state index >= 15 is 0 Å². The molecule has 0 N–H and O–H groups in total.